The Bertz CT molecular complexity index is 1030. The first-order chi connectivity index (χ1) is 13.4. The van der Waals surface area contributed by atoms with Gasteiger partial charge in [0.05, 0.1) is 18.5 Å². The van der Waals surface area contributed by atoms with Gasteiger partial charge in [-0.3, -0.25) is 9.59 Å². The van der Waals surface area contributed by atoms with Gasteiger partial charge in [0.15, 0.2) is 0 Å². The molecule has 0 bridgehead atoms. The second kappa shape index (κ2) is 8.41. The number of carbonyl (C=O) groups is 2. The largest absolute Gasteiger partial charge is 0.495 e. The lowest BCUT2D eigenvalue weighted by atomic mass is 10.2. The minimum absolute atomic E-state index is 0.201. The van der Waals surface area contributed by atoms with Crippen molar-refractivity contribution in [1.29, 1.82) is 0 Å². The van der Waals surface area contributed by atoms with Crippen molar-refractivity contribution in [2.75, 3.05) is 17.7 Å². The summed E-state index contributed by atoms with van der Waals surface area (Å²) in [6.45, 7) is 3.21. The quantitative estimate of drug-likeness (QED) is 0.615. The summed E-state index contributed by atoms with van der Waals surface area (Å²) >= 11 is 7.23. The van der Waals surface area contributed by atoms with Crippen LogP contribution in [0, 0.1) is 6.92 Å². The fraction of sp³-hybridized carbons (Fsp3) is 0.150. The summed E-state index contributed by atoms with van der Waals surface area (Å²) in [7, 11) is 1.51. The van der Waals surface area contributed by atoms with Crippen molar-refractivity contribution in [3.05, 3.63) is 58.1 Å². The standard InChI is InChI=1S/C20H18ClN3O3S/c1-11-18(28-20(22-11)13-4-6-14(21)7-5-13)19(26)24-16-10-15(23-12(2)25)8-9-17(16)27-3/h4-10H,1-3H3,(H,23,25)(H,24,26). The van der Waals surface area contributed by atoms with E-state index in [0.29, 0.717) is 32.7 Å². The molecule has 0 saturated carbocycles. The highest BCUT2D eigenvalue weighted by Gasteiger charge is 2.18. The minimum atomic E-state index is -0.298. The van der Waals surface area contributed by atoms with Crippen LogP contribution in [0.5, 0.6) is 5.75 Å². The Morgan fingerprint density at radius 2 is 1.82 bits per heavy atom. The molecule has 6 nitrogen and oxygen atoms in total. The van der Waals surface area contributed by atoms with Gasteiger partial charge in [-0.25, -0.2) is 4.98 Å². The maximum Gasteiger partial charge on any atom is 0.267 e. The van der Waals surface area contributed by atoms with E-state index >= 15 is 0 Å². The van der Waals surface area contributed by atoms with E-state index in [2.05, 4.69) is 15.6 Å². The van der Waals surface area contributed by atoms with Crippen LogP contribution in [-0.2, 0) is 4.79 Å². The molecule has 2 amide bonds. The molecule has 2 aromatic carbocycles. The van der Waals surface area contributed by atoms with Crippen molar-refractivity contribution in [3.8, 4) is 16.3 Å². The number of hydrogen-bond donors (Lipinski definition) is 2. The molecule has 28 heavy (non-hydrogen) atoms. The lowest BCUT2D eigenvalue weighted by molar-refractivity contribution is -0.114. The third kappa shape index (κ3) is 4.49. The van der Waals surface area contributed by atoms with E-state index in [0.717, 1.165) is 10.6 Å². The molecule has 3 rings (SSSR count). The molecule has 0 aliphatic carbocycles. The predicted molar refractivity (Wildman–Crippen MR) is 113 cm³/mol. The van der Waals surface area contributed by atoms with Crippen LogP contribution in [0.4, 0.5) is 11.4 Å². The number of thiazole rings is 1. The summed E-state index contributed by atoms with van der Waals surface area (Å²) in [6, 6.07) is 12.3. The maximum atomic E-state index is 12.8. The van der Waals surface area contributed by atoms with Gasteiger partial charge in [-0.2, -0.15) is 0 Å². The normalized spacial score (nSPS) is 10.4. The number of anilines is 2. The van der Waals surface area contributed by atoms with Crippen molar-refractivity contribution >= 4 is 46.1 Å². The smallest absolute Gasteiger partial charge is 0.267 e. The van der Waals surface area contributed by atoms with E-state index in [-0.39, 0.29) is 11.8 Å². The molecule has 0 fully saturated rings. The van der Waals surface area contributed by atoms with Gasteiger partial charge in [0, 0.05) is 23.2 Å². The number of methoxy groups -OCH3 is 1. The van der Waals surface area contributed by atoms with Crippen molar-refractivity contribution < 1.29 is 14.3 Å². The predicted octanol–water partition coefficient (Wildman–Crippen LogP) is 4.99. The van der Waals surface area contributed by atoms with Crippen molar-refractivity contribution in [3.63, 3.8) is 0 Å². The van der Waals surface area contributed by atoms with Gasteiger partial charge in [-0.05, 0) is 37.3 Å². The van der Waals surface area contributed by atoms with Gasteiger partial charge in [0.25, 0.3) is 5.91 Å². The van der Waals surface area contributed by atoms with Crippen LogP contribution in [0.25, 0.3) is 10.6 Å². The van der Waals surface area contributed by atoms with Gasteiger partial charge < -0.3 is 15.4 Å². The van der Waals surface area contributed by atoms with E-state index in [9.17, 15) is 9.59 Å². The molecule has 144 valence electrons. The number of hydrogen-bond acceptors (Lipinski definition) is 5. The lowest BCUT2D eigenvalue weighted by Gasteiger charge is -2.12. The molecule has 0 saturated heterocycles. The van der Waals surface area contributed by atoms with E-state index in [1.165, 1.54) is 25.4 Å². The molecule has 0 spiro atoms. The molecule has 0 radical (unpaired) electrons. The molecule has 0 atom stereocenters. The fourth-order valence-electron chi connectivity index (χ4n) is 2.59. The number of benzene rings is 2. The number of aryl methyl sites for hydroxylation is 1. The Balaban J connectivity index is 1.87. The van der Waals surface area contributed by atoms with Gasteiger partial charge in [-0.15, -0.1) is 11.3 Å². The highest BCUT2D eigenvalue weighted by Crippen LogP contribution is 2.32. The van der Waals surface area contributed by atoms with Crippen LogP contribution in [0.2, 0.25) is 5.02 Å². The summed E-state index contributed by atoms with van der Waals surface area (Å²) in [5.41, 5.74) is 2.54. The highest BCUT2D eigenvalue weighted by molar-refractivity contribution is 7.17. The molecule has 3 aromatic rings. The highest BCUT2D eigenvalue weighted by atomic mass is 35.5. The summed E-state index contributed by atoms with van der Waals surface area (Å²) in [5.74, 6) is -0.00983. The van der Waals surface area contributed by atoms with Crippen molar-refractivity contribution in [2.45, 2.75) is 13.8 Å². The topological polar surface area (TPSA) is 80.3 Å². The van der Waals surface area contributed by atoms with Crippen LogP contribution in [0.1, 0.15) is 22.3 Å². The van der Waals surface area contributed by atoms with E-state index in [1.54, 1.807) is 37.3 Å². The van der Waals surface area contributed by atoms with Gasteiger partial charge in [-0.1, -0.05) is 23.7 Å². The van der Waals surface area contributed by atoms with Gasteiger partial charge in [0.2, 0.25) is 5.91 Å². The monoisotopic (exact) mass is 415 g/mol. The molecule has 0 aliphatic rings. The zero-order valence-electron chi connectivity index (χ0n) is 15.5. The Kier molecular flexibility index (Phi) is 5.96. The molecule has 1 aromatic heterocycles. The summed E-state index contributed by atoms with van der Waals surface area (Å²) < 4.78 is 5.31. The molecule has 8 heteroatoms. The van der Waals surface area contributed by atoms with Crippen molar-refractivity contribution in [2.24, 2.45) is 0 Å². The van der Waals surface area contributed by atoms with Gasteiger partial charge >= 0.3 is 0 Å². The average Bonchev–Trinajstić information content (AvgIpc) is 3.04. The average molecular weight is 416 g/mol. The first kappa shape index (κ1) is 19.9. The van der Waals surface area contributed by atoms with Crippen LogP contribution in [0.15, 0.2) is 42.5 Å². The number of aromatic nitrogens is 1. The van der Waals surface area contributed by atoms with Crippen LogP contribution in [-0.4, -0.2) is 23.9 Å². The van der Waals surface area contributed by atoms with E-state index in [1.807, 2.05) is 12.1 Å². The van der Waals surface area contributed by atoms with Gasteiger partial charge in [0.1, 0.15) is 15.6 Å². The molecular formula is C20H18ClN3O3S. The number of carbonyl (C=O) groups excluding carboxylic acids is 2. The zero-order chi connectivity index (χ0) is 20.3. The number of nitrogens with zero attached hydrogens (tertiary/aromatic N) is 1. The third-order valence-electron chi connectivity index (χ3n) is 3.86. The second-order valence-electron chi connectivity index (χ2n) is 5.99. The Morgan fingerprint density at radius 1 is 1.11 bits per heavy atom. The van der Waals surface area contributed by atoms with E-state index < -0.39 is 0 Å². The first-order valence-electron chi connectivity index (χ1n) is 8.37. The second-order valence-corrected chi connectivity index (χ2v) is 7.43. The van der Waals surface area contributed by atoms with Crippen LogP contribution in [0.3, 0.4) is 0 Å². The number of ether oxygens (including phenoxy) is 1. The molecule has 2 N–H and O–H groups in total. The number of rotatable bonds is 5. The molecule has 0 aliphatic heterocycles. The number of nitrogens with one attached hydrogen (secondary N) is 2. The number of amides is 2. The van der Waals surface area contributed by atoms with Crippen LogP contribution >= 0.6 is 22.9 Å². The lowest BCUT2D eigenvalue weighted by Crippen LogP contribution is -2.13. The van der Waals surface area contributed by atoms with E-state index in [4.69, 9.17) is 16.3 Å². The Labute approximate surface area is 171 Å². The first-order valence-corrected chi connectivity index (χ1v) is 9.57. The molecule has 1 heterocycles. The number of halogens is 1. The summed E-state index contributed by atoms with van der Waals surface area (Å²) in [4.78, 5) is 29.1. The van der Waals surface area contributed by atoms with Crippen molar-refractivity contribution in [1.82, 2.24) is 4.98 Å². The third-order valence-corrected chi connectivity index (χ3v) is 5.32. The Hall–Kier alpha value is -2.90. The minimum Gasteiger partial charge on any atom is -0.495 e. The maximum absolute atomic E-state index is 12.8. The fourth-order valence-corrected chi connectivity index (χ4v) is 3.68. The SMILES string of the molecule is COc1ccc(NC(C)=O)cc1NC(=O)c1sc(-c2ccc(Cl)cc2)nc1C. The summed E-state index contributed by atoms with van der Waals surface area (Å²) in [5, 5.41) is 6.90. The molecular weight excluding hydrogens is 398 g/mol. The van der Waals surface area contributed by atoms with Crippen LogP contribution < -0.4 is 15.4 Å². The zero-order valence-corrected chi connectivity index (χ0v) is 17.1. The Morgan fingerprint density at radius 3 is 2.46 bits per heavy atom. The summed E-state index contributed by atoms with van der Waals surface area (Å²) in [6.07, 6.45) is 0. The molecule has 0 unspecified atom stereocenters.